The Bertz CT molecular complexity index is 861. The maximum atomic E-state index is 12.2. The van der Waals surface area contributed by atoms with E-state index in [1.807, 2.05) is 36.5 Å². The summed E-state index contributed by atoms with van der Waals surface area (Å²) < 4.78 is 6.90. The Morgan fingerprint density at radius 2 is 2.08 bits per heavy atom. The first-order chi connectivity index (χ1) is 11.7. The molecular weight excluding hydrogens is 338 g/mol. The molecule has 5 nitrogen and oxygen atoms in total. The first kappa shape index (κ1) is 18.9. The highest BCUT2D eigenvalue weighted by Crippen LogP contribution is 2.19. The van der Waals surface area contributed by atoms with E-state index in [9.17, 15) is 4.79 Å². The predicted octanol–water partition coefficient (Wildman–Crippen LogP) is 4.36. The van der Waals surface area contributed by atoms with E-state index in [1.54, 1.807) is 17.8 Å². The van der Waals surface area contributed by atoms with Crippen molar-refractivity contribution in [3.8, 4) is 5.69 Å². The van der Waals surface area contributed by atoms with E-state index in [-0.39, 0.29) is 18.4 Å². The molecule has 1 aromatic carbocycles. The van der Waals surface area contributed by atoms with Crippen molar-refractivity contribution < 1.29 is 9.53 Å². The normalized spacial score (nSPS) is 10.5. The van der Waals surface area contributed by atoms with E-state index in [1.165, 1.54) is 0 Å². The maximum Gasteiger partial charge on any atom is 0.359 e. The molecule has 0 aliphatic rings. The Kier molecular flexibility index (Phi) is 6.53. The van der Waals surface area contributed by atoms with E-state index < -0.39 is 0 Å². The highest BCUT2D eigenvalue weighted by molar-refractivity contribution is 5.89. The molecule has 0 spiro atoms. The third-order valence-electron chi connectivity index (χ3n) is 3.91. The van der Waals surface area contributed by atoms with Crippen LogP contribution in [0.15, 0.2) is 42.7 Å². The SMILES string of the molecule is CCCCc1cn(-c2ccc3ncccc3c2)nc1C(=O)OCC.Cl. The molecular formula is C19H22ClN3O2. The molecule has 0 unspecified atom stereocenters. The highest BCUT2D eigenvalue weighted by Gasteiger charge is 2.18. The average Bonchev–Trinajstić information content (AvgIpc) is 3.04. The van der Waals surface area contributed by atoms with Gasteiger partial charge in [-0.3, -0.25) is 4.98 Å². The van der Waals surface area contributed by atoms with Crippen molar-refractivity contribution in [1.82, 2.24) is 14.8 Å². The number of rotatable bonds is 6. The highest BCUT2D eigenvalue weighted by atomic mass is 35.5. The number of fused-ring (bicyclic) bond motifs is 1. The minimum atomic E-state index is -0.357. The molecule has 2 aromatic heterocycles. The Balaban J connectivity index is 0.00000225. The second kappa shape index (κ2) is 8.62. The monoisotopic (exact) mass is 359 g/mol. The largest absolute Gasteiger partial charge is 0.461 e. The summed E-state index contributed by atoms with van der Waals surface area (Å²) in [6, 6.07) is 9.86. The van der Waals surface area contributed by atoms with E-state index >= 15 is 0 Å². The lowest BCUT2D eigenvalue weighted by Gasteiger charge is -2.03. The lowest BCUT2D eigenvalue weighted by atomic mass is 10.1. The van der Waals surface area contributed by atoms with Gasteiger partial charge in [0, 0.05) is 23.3 Å². The Morgan fingerprint density at radius 3 is 2.84 bits per heavy atom. The molecule has 0 N–H and O–H groups in total. The van der Waals surface area contributed by atoms with Gasteiger partial charge in [0.05, 0.1) is 17.8 Å². The van der Waals surface area contributed by atoms with Gasteiger partial charge in [0.15, 0.2) is 5.69 Å². The van der Waals surface area contributed by atoms with Crippen molar-refractivity contribution >= 4 is 29.3 Å². The number of unbranched alkanes of at least 4 members (excludes halogenated alkanes) is 1. The van der Waals surface area contributed by atoms with Crippen LogP contribution in [0.25, 0.3) is 16.6 Å². The van der Waals surface area contributed by atoms with Crippen molar-refractivity contribution in [3.63, 3.8) is 0 Å². The van der Waals surface area contributed by atoms with Crippen LogP contribution in [0.2, 0.25) is 0 Å². The van der Waals surface area contributed by atoms with Gasteiger partial charge in [-0.25, -0.2) is 9.48 Å². The third kappa shape index (κ3) is 4.17. The van der Waals surface area contributed by atoms with Gasteiger partial charge in [-0.1, -0.05) is 19.4 Å². The smallest absolute Gasteiger partial charge is 0.359 e. The van der Waals surface area contributed by atoms with Crippen LogP contribution in [0.4, 0.5) is 0 Å². The number of nitrogens with zero attached hydrogens (tertiary/aromatic N) is 3. The third-order valence-corrected chi connectivity index (χ3v) is 3.91. The number of pyridine rings is 1. The predicted molar refractivity (Wildman–Crippen MR) is 101 cm³/mol. The van der Waals surface area contributed by atoms with Gasteiger partial charge in [-0.05, 0) is 44.0 Å². The number of benzene rings is 1. The first-order valence-corrected chi connectivity index (χ1v) is 8.33. The molecule has 132 valence electrons. The lowest BCUT2D eigenvalue weighted by molar-refractivity contribution is 0.0517. The summed E-state index contributed by atoms with van der Waals surface area (Å²) in [5.74, 6) is -0.357. The van der Waals surface area contributed by atoms with Crippen LogP contribution in [0.5, 0.6) is 0 Å². The number of aryl methyl sites for hydroxylation is 1. The van der Waals surface area contributed by atoms with Gasteiger partial charge in [-0.2, -0.15) is 5.10 Å². The Labute approximate surface area is 153 Å². The molecule has 0 saturated heterocycles. The zero-order valence-electron chi connectivity index (χ0n) is 14.4. The molecule has 0 saturated carbocycles. The maximum absolute atomic E-state index is 12.2. The van der Waals surface area contributed by atoms with Gasteiger partial charge in [0.2, 0.25) is 0 Å². The van der Waals surface area contributed by atoms with E-state index in [0.717, 1.165) is 41.4 Å². The van der Waals surface area contributed by atoms with Crippen LogP contribution in [0, 0.1) is 0 Å². The van der Waals surface area contributed by atoms with E-state index in [2.05, 4.69) is 17.0 Å². The molecule has 6 heteroatoms. The van der Waals surface area contributed by atoms with Crippen molar-refractivity contribution in [1.29, 1.82) is 0 Å². The minimum absolute atomic E-state index is 0. The van der Waals surface area contributed by atoms with Crippen molar-refractivity contribution in [3.05, 3.63) is 54.0 Å². The summed E-state index contributed by atoms with van der Waals surface area (Å²) in [4.78, 5) is 16.5. The first-order valence-electron chi connectivity index (χ1n) is 8.33. The van der Waals surface area contributed by atoms with Crippen LogP contribution in [0.3, 0.4) is 0 Å². The zero-order chi connectivity index (χ0) is 16.9. The number of carbonyl (C=O) groups is 1. The van der Waals surface area contributed by atoms with Gasteiger partial charge in [-0.15, -0.1) is 12.4 Å². The summed E-state index contributed by atoms with van der Waals surface area (Å²) in [5.41, 5.74) is 3.19. The summed E-state index contributed by atoms with van der Waals surface area (Å²) in [6.07, 6.45) is 6.60. The average molecular weight is 360 g/mol. The molecule has 0 radical (unpaired) electrons. The van der Waals surface area contributed by atoms with Gasteiger partial charge < -0.3 is 4.74 Å². The number of ether oxygens (including phenoxy) is 1. The van der Waals surface area contributed by atoms with Crippen LogP contribution in [-0.4, -0.2) is 27.3 Å². The van der Waals surface area contributed by atoms with Crippen molar-refractivity contribution in [2.45, 2.75) is 33.1 Å². The minimum Gasteiger partial charge on any atom is -0.461 e. The fourth-order valence-electron chi connectivity index (χ4n) is 2.67. The van der Waals surface area contributed by atoms with Crippen LogP contribution in [0.1, 0.15) is 42.7 Å². The summed E-state index contributed by atoms with van der Waals surface area (Å²) in [5, 5.41) is 5.52. The number of halogens is 1. The van der Waals surface area contributed by atoms with Gasteiger partial charge in [0.1, 0.15) is 0 Å². The van der Waals surface area contributed by atoms with Crippen molar-refractivity contribution in [2.75, 3.05) is 6.61 Å². The van der Waals surface area contributed by atoms with E-state index in [0.29, 0.717) is 12.3 Å². The van der Waals surface area contributed by atoms with Crippen LogP contribution < -0.4 is 0 Å². The lowest BCUT2D eigenvalue weighted by Crippen LogP contribution is -2.08. The Hall–Kier alpha value is -2.40. The van der Waals surface area contributed by atoms with Crippen LogP contribution >= 0.6 is 12.4 Å². The molecule has 0 bridgehead atoms. The second-order valence-corrected chi connectivity index (χ2v) is 5.65. The number of hydrogen-bond donors (Lipinski definition) is 0. The van der Waals surface area contributed by atoms with Gasteiger partial charge in [0.25, 0.3) is 0 Å². The summed E-state index contributed by atoms with van der Waals surface area (Å²) in [7, 11) is 0. The molecule has 0 aliphatic carbocycles. The van der Waals surface area contributed by atoms with E-state index in [4.69, 9.17) is 4.74 Å². The molecule has 0 aliphatic heterocycles. The quantitative estimate of drug-likeness (QED) is 0.613. The molecule has 0 atom stereocenters. The molecule has 0 fully saturated rings. The van der Waals surface area contributed by atoms with Crippen LogP contribution in [-0.2, 0) is 11.2 Å². The topological polar surface area (TPSA) is 57.0 Å². The number of hydrogen-bond acceptors (Lipinski definition) is 4. The summed E-state index contributed by atoms with van der Waals surface area (Å²) >= 11 is 0. The molecule has 2 heterocycles. The molecule has 3 aromatic rings. The zero-order valence-corrected chi connectivity index (χ0v) is 15.3. The fraction of sp³-hybridized carbons (Fsp3) is 0.316. The van der Waals surface area contributed by atoms with Gasteiger partial charge >= 0.3 is 5.97 Å². The summed E-state index contributed by atoms with van der Waals surface area (Å²) in [6.45, 7) is 4.28. The standard InChI is InChI=1S/C19H21N3O2.ClH/c1-3-5-7-15-13-22(21-18(15)19(23)24-4-2)16-9-10-17-14(12-16)8-6-11-20-17;/h6,8-13H,3-5,7H2,1-2H3;1H. The second-order valence-electron chi connectivity index (χ2n) is 5.65. The Morgan fingerprint density at radius 1 is 1.24 bits per heavy atom. The number of carbonyl (C=O) groups excluding carboxylic acids is 1. The fourth-order valence-corrected chi connectivity index (χ4v) is 2.67. The number of aromatic nitrogens is 3. The van der Waals surface area contributed by atoms with Crippen molar-refractivity contribution in [2.24, 2.45) is 0 Å². The molecule has 25 heavy (non-hydrogen) atoms. The number of esters is 1. The molecule has 3 rings (SSSR count). The molecule has 0 amide bonds.